The Morgan fingerprint density at radius 3 is 2.31 bits per heavy atom. The van der Waals surface area contributed by atoms with E-state index in [0.717, 1.165) is 11.1 Å². The molecule has 1 aliphatic rings. The third-order valence-electron chi connectivity index (χ3n) is 6.16. The molecule has 0 spiro atoms. The summed E-state index contributed by atoms with van der Waals surface area (Å²) in [5, 5.41) is 26.1. The molecule has 1 saturated heterocycles. The van der Waals surface area contributed by atoms with Crippen LogP contribution < -0.4 is 20.5 Å². The van der Waals surface area contributed by atoms with Gasteiger partial charge in [-0.2, -0.15) is 0 Å². The van der Waals surface area contributed by atoms with Crippen LogP contribution in [0.15, 0.2) is 72.8 Å². The van der Waals surface area contributed by atoms with Gasteiger partial charge in [0.15, 0.2) is 0 Å². The molecule has 2 unspecified atom stereocenters. The molecule has 0 aromatic heterocycles. The second-order valence-corrected chi connectivity index (χ2v) is 8.46. The number of ether oxygens (including phenoxy) is 1. The molecule has 3 aromatic rings. The van der Waals surface area contributed by atoms with E-state index in [2.05, 4.69) is 10.6 Å². The van der Waals surface area contributed by atoms with Crippen molar-refractivity contribution in [1.82, 2.24) is 10.2 Å². The summed E-state index contributed by atoms with van der Waals surface area (Å²) in [5.41, 5.74) is 1.90. The molecule has 3 N–H and O–H groups in total. The van der Waals surface area contributed by atoms with Crippen LogP contribution in [-0.2, 0) is 4.79 Å². The quantitative estimate of drug-likeness (QED) is 0.469. The lowest BCUT2D eigenvalue weighted by atomic mass is 10.0. The van der Waals surface area contributed by atoms with Crippen LogP contribution in [0.5, 0.6) is 11.5 Å². The van der Waals surface area contributed by atoms with Gasteiger partial charge in [-0.3, -0.25) is 4.79 Å². The van der Waals surface area contributed by atoms with Crippen LogP contribution in [0.2, 0.25) is 0 Å². The summed E-state index contributed by atoms with van der Waals surface area (Å²) < 4.78 is 5.35. The summed E-state index contributed by atoms with van der Waals surface area (Å²) in [7, 11) is 1.58. The maximum atomic E-state index is 13.5. The average Bonchev–Trinajstić information content (AvgIpc) is 3.33. The average molecular weight is 489 g/mol. The van der Waals surface area contributed by atoms with E-state index in [0.29, 0.717) is 18.6 Å². The number of aromatic carboxylic acids is 1. The fraction of sp³-hybridized carbons (Fsp3) is 0.222. The van der Waals surface area contributed by atoms with Crippen molar-refractivity contribution in [2.24, 2.45) is 0 Å². The molecular weight excluding hydrogens is 462 g/mol. The number of hydrogen-bond acceptors (Lipinski definition) is 6. The fourth-order valence-corrected chi connectivity index (χ4v) is 4.54. The molecule has 186 valence electrons. The Bertz CT molecular complexity index is 1280. The number of nitrogens with zero attached hydrogens (tertiary/aromatic N) is 1. The van der Waals surface area contributed by atoms with Crippen molar-refractivity contribution >= 4 is 23.6 Å². The molecule has 0 radical (unpaired) electrons. The normalized spacial score (nSPS) is 16.9. The summed E-state index contributed by atoms with van der Waals surface area (Å²) in [6, 6.07) is 18.8. The highest BCUT2D eigenvalue weighted by Gasteiger charge is 2.38. The summed E-state index contributed by atoms with van der Waals surface area (Å²) in [4.78, 5) is 38.7. The standard InChI is InChI=1S/C27H27N3O6/c1-36-22-10-4-6-18(15-22)24-12-11-23(17-5-3-9-21(31)14-17)30(24)25(32)16-28-27(35)29-20-8-2-7-19(13-20)26(33)34/h2-10,13-15,23-24,31H,11-12,16H2,1H3,(H,33,34)(H2,28,29,35)/p-1. The number of nitrogens with one attached hydrogen (secondary N) is 2. The zero-order valence-electron chi connectivity index (χ0n) is 19.6. The van der Waals surface area contributed by atoms with Crippen LogP contribution >= 0.6 is 0 Å². The Balaban J connectivity index is 1.52. The molecule has 0 bridgehead atoms. The Hall–Kier alpha value is -4.53. The maximum Gasteiger partial charge on any atom is 0.319 e. The molecule has 4 rings (SSSR count). The number of phenols is 1. The molecule has 1 fully saturated rings. The molecule has 9 nitrogen and oxygen atoms in total. The first kappa shape index (κ1) is 24.6. The number of carboxylic acids is 1. The molecule has 36 heavy (non-hydrogen) atoms. The van der Waals surface area contributed by atoms with Crippen molar-refractivity contribution in [2.75, 3.05) is 19.0 Å². The lowest BCUT2D eigenvalue weighted by molar-refractivity contribution is -0.255. The van der Waals surface area contributed by atoms with Gasteiger partial charge in [0.1, 0.15) is 11.5 Å². The number of likely N-dealkylation sites (tertiary alicyclic amines) is 1. The predicted molar refractivity (Wildman–Crippen MR) is 130 cm³/mol. The smallest absolute Gasteiger partial charge is 0.319 e. The Morgan fingerprint density at radius 2 is 1.64 bits per heavy atom. The van der Waals surface area contributed by atoms with E-state index in [1.54, 1.807) is 30.2 Å². The predicted octanol–water partition coefficient (Wildman–Crippen LogP) is 2.99. The first-order valence-corrected chi connectivity index (χ1v) is 11.5. The van der Waals surface area contributed by atoms with E-state index >= 15 is 0 Å². The largest absolute Gasteiger partial charge is 0.545 e. The number of urea groups is 1. The number of benzene rings is 3. The van der Waals surface area contributed by atoms with Crippen LogP contribution in [-0.4, -0.2) is 41.6 Å². The number of methoxy groups -OCH3 is 1. The molecular formula is C27H26N3O6-. The first-order chi connectivity index (χ1) is 17.4. The molecule has 2 atom stereocenters. The number of carboxylic acid groups (broad SMARTS) is 1. The number of phenolic OH excluding ortho intramolecular Hbond substituents is 1. The van der Waals surface area contributed by atoms with E-state index in [-0.39, 0.29) is 41.5 Å². The summed E-state index contributed by atoms with van der Waals surface area (Å²) in [5.74, 6) is -0.866. The van der Waals surface area contributed by atoms with Crippen LogP contribution in [0, 0.1) is 0 Å². The van der Waals surface area contributed by atoms with Crippen molar-refractivity contribution in [3.63, 3.8) is 0 Å². The SMILES string of the molecule is COc1cccc(C2CCC(c3cccc(O)c3)N2C(=O)CNC(=O)Nc2cccc(C(=O)[O-])c2)c1. The van der Waals surface area contributed by atoms with E-state index in [1.165, 1.54) is 24.3 Å². The zero-order valence-corrected chi connectivity index (χ0v) is 19.6. The molecule has 3 amide bonds. The van der Waals surface area contributed by atoms with Gasteiger partial charge < -0.3 is 35.3 Å². The number of rotatable bonds is 7. The van der Waals surface area contributed by atoms with Crippen molar-refractivity contribution in [1.29, 1.82) is 0 Å². The van der Waals surface area contributed by atoms with Crippen LogP contribution in [0.25, 0.3) is 0 Å². The Morgan fingerprint density at radius 1 is 0.972 bits per heavy atom. The van der Waals surface area contributed by atoms with Crippen LogP contribution in [0.1, 0.15) is 46.4 Å². The second-order valence-electron chi connectivity index (χ2n) is 8.46. The third-order valence-corrected chi connectivity index (χ3v) is 6.16. The van der Waals surface area contributed by atoms with E-state index < -0.39 is 12.0 Å². The monoisotopic (exact) mass is 488 g/mol. The third kappa shape index (κ3) is 5.57. The number of aromatic hydroxyl groups is 1. The van der Waals surface area contributed by atoms with E-state index in [1.807, 2.05) is 30.3 Å². The molecule has 0 aliphatic carbocycles. The van der Waals surface area contributed by atoms with Gasteiger partial charge in [-0.25, -0.2) is 4.79 Å². The minimum Gasteiger partial charge on any atom is -0.545 e. The molecule has 1 aliphatic heterocycles. The van der Waals surface area contributed by atoms with Crippen LogP contribution in [0.3, 0.4) is 0 Å². The van der Waals surface area contributed by atoms with Crippen molar-refractivity contribution in [2.45, 2.75) is 24.9 Å². The lowest BCUT2D eigenvalue weighted by Crippen LogP contribution is -2.42. The van der Waals surface area contributed by atoms with Gasteiger partial charge in [0.25, 0.3) is 0 Å². The Kier molecular flexibility index (Phi) is 7.39. The summed E-state index contributed by atoms with van der Waals surface area (Å²) in [6.07, 6.45) is 1.38. The van der Waals surface area contributed by atoms with Gasteiger partial charge in [0.05, 0.1) is 31.7 Å². The topological polar surface area (TPSA) is 131 Å². The van der Waals surface area contributed by atoms with Crippen molar-refractivity contribution in [3.8, 4) is 11.5 Å². The highest BCUT2D eigenvalue weighted by atomic mass is 16.5. The number of carbonyl (C=O) groups excluding carboxylic acids is 3. The molecule has 9 heteroatoms. The summed E-state index contributed by atoms with van der Waals surface area (Å²) >= 11 is 0. The van der Waals surface area contributed by atoms with Gasteiger partial charge in [0.2, 0.25) is 5.91 Å². The van der Waals surface area contributed by atoms with Gasteiger partial charge in [0, 0.05) is 5.69 Å². The molecule has 3 aromatic carbocycles. The van der Waals surface area contributed by atoms with Crippen molar-refractivity contribution < 1.29 is 29.3 Å². The van der Waals surface area contributed by atoms with Crippen molar-refractivity contribution in [3.05, 3.63) is 89.5 Å². The van der Waals surface area contributed by atoms with Gasteiger partial charge in [-0.05, 0) is 65.9 Å². The molecule has 0 saturated carbocycles. The second kappa shape index (κ2) is 10.8. The van der Waals surface area contributed by atoms with Gasteiger partial charge in [-0.15, -0.1) is 0 Å². The van der Waals surface area contributed by atoms with E-state index in [9.17, 15) is 24.6 Å². The number of hydrogen-bond donors (Lipinski definition) is 3. The molecule has 1 heterocycles. The van der Waals surface area contributed by atoms with Crippen LogP contribution in [0.4, 0.5) is 10.5 Å². The minimum atomic E-state index is -1.36. The number of anilines is 1. The minimum absolute atomic E-state index is 0.0731. The number of carbonyl (C=O) groups is 3. The van der Waals surface area contributed by atoms with E-state index in [4.69, 9.17) is 4.74 Å². The lowest BCUT2D eigenvalue weighted by Gasteiger charge is -2.31. The fourth-order valence-electron chi connectivity index (χ4n) is 4.54. The summed E-state index contributed by atoms with van der Waals surface area (Å²) in [6.45, 7) is -0.276. The Labute approximate surface area is 208 Å². The zero-order chi connectivity index (χ0) is 25.7. The first-order valence-electron chi connectivity index (χ1n) is 11.5. The van der Waals surface area contributed by atoms with Gasteiger partial charge >= 0.3 is 6.03 Å². The highest BCUT2D eigenvalue weighted by Crippen LogP contribution is 2.45. The number of amides is 3. The maximum absolute atomic E-state index is 13.5. The van der Waals surface area contributed by atoms with Gasteiger partial charge in [-0.1, -0.05) is 36.4 Å². The highest BCUT2D eigenvalue weighted by molar-refractivity contribution is 5.94.